The molecular weight excluding hydrogens is 259 g/mol. The van der Waals surface area contributed by atoms with Gasteiger partial charge in [0.2, 0.25) is 0 Å². The van der Waals surface area contributed by atoms with E-state index in [9.17, 15) is 13.2 Å². The van der Waals surface area contributed by atoms with Crippen LogP contribution in [0, 0.1) is 0 Å². The van der Waals surface area contributed by atoms with E-state index in [2.05, 4.69) is 0 Å². The molecule has 1 N–H and O–H groups in total. The molecule has 0 bridgehead atoms. The Balaban J connectivity index is 2.14. The fourth-order valence-corrected chi connectivity index (χ4v) is 2.27. The van der Waals surface area contributed by atoms with Crippen molar-refractivity contribution < 1.29 is 23.0 Å². The number of ether oxygens (including phenoxy) is 1. The van der Waals surface area contributed by atoms with E-state index in [4.69, 9.17) is 9.84 Å². The van der Waals surface area contributed by atoms with Crippen molar-refractivity contribution in [2.24, 2.45) is 0 Å². The molecule has 1 aliphatic carbocycles. The number of nitrogens with zero attached hydrogens (tertiary/aromatic N) is 1. The lowest BCUT2D eigenvalue weighted by Crippen LogP contribution is -2.40. The first-order chi connectivity index (χ1) is 8.89. The Bertz CT molecular complexity index is 241. The third-order valence-corrected chi connectivity index (χ3v) is 3.49. The first-order valence-electron chi connectivity index (χ1n) is 6.94. The smallest absolute Gasteiger partial charge is 0.382 e. The van der Waals surface area contributed by atoms with Crippen LogP contribution in [-0.2, 0) is 4.74 Å². The minimum absolute atomic E-state index is 0.253. The van der Waals surface area contributed by atoms with E-state index in [1.807, 2.05) is 0 Å². The molecule has 1 atom stereocenters. The molecule has 1 saturated carbocycles. The fourth-order valence-electron chi connectivity index (χ4n) is 2.27. The van der Waals surface area contributed by atoms with Crippen molar-refractivity contribution >= 4 is 0 Å². The molecular formula is C13H24F3NO2. The molecule has 3 nitrogen and oxygen atoms in total. The number of aliphatic hydroxyl groups is 1. The second kappa shape index (κ2) is 8.07. The van der Waals surface area contributed by atoms with Crippen molar-refractivity contribution in [2.75, 3.05) is 26.7 Å². The van der Waals surface area contributed by atoms with Gasteiger partial charge in [-0.1, -0.05) is 25.7 Å². The highest BCUT2D eigenvalue weighted by molar-refractivity contribution is 4.69. The molecule has 0 amide bonds. The van der Waals surface area contributed by atoms with Crippen molar-refractivity contribution in [1.82, 2.24) is 4.90 Å². The van der Waals surface area contributed by atoms with Crippen molar-refractivity contribution in [2.45, 2.75) is 56.9 Å². The van der Waals surface area contributed by atoms with Crippen LogP contribution in [-0.4, -0.2) is 55.1 Å². The molecule has 0 spiro atoms. The molecule has 0 heterocycles. The van der Waals surface area contributed by atoms with Gasteiger partial charge >= 0.3 is 6.18 Å². The van der Waals surface area contributed by atoms with Crippen LogP contribution in [0.15, 0.2) is 0 Å². The predicted octanol–water partition coefficient (Wildman–Crippen LogP) is 2.58. The second-order valence-electron chi connectivity index (χ2n) is 5.30. The highest BCUT2D eigenvalue weighted by Crippen LogP contribution is 2.21. The lowest BCUT2D eigenvalue weighted by atomic mass is 10.1. The van der Waals surface area contributed by atoms with E-state index in [1.54, 1.807) is 7.05 Å². The van der Waals surface area contributed by atoms with Gasteiger partial charge in [0.15, 0.2) is 6.10 Å². The van der Waals surface area contributed by atoms with E-state index in [1.165, 1.54) is 30.6 Å². The molecule has 114 valence electrons. The third-order valence-electron chi connectivity index (χ3n) is 3.49. The summed E-state index contributed by atoms with van der Waals surface area (Å²) in [5.41, 5.74) is 0. The number of halogens is 3. The van der Waals surface area contributed by atoms with Crippen LogP contribution in [0.2, 0.25) is 0 Å². The van der Waals surface area contributed by atoms with Gasteiger partial charge in [0.1, 0.15) is 0 Å². The molecule has 1 aliphatic rings. The Labute approximate surface area is 112 Å². The maximum atomic E-state index is 12.2. The molecule has 0 radical (unpaired) electrons. The second-order valence-corrected chi connectivity index (χ2v) is 5.30. The van der Waals surface area contributed by atoms with Crippen molar-refractivity contribution in [3.63, 3.8) is 0 Å². The molecule has 1 unspecified atom stereocenters. The molecule has 0 aromatic rings. The summed E-state index contributed by atoms with van der Waals surface area (Å²) in [7, 11) is 1.56. The van der Waals surface area contributed by atoms with E-state index >= 15 is 0 Å². The van der Waals surface area contributed by atoms with Gasteiger partial charge in [-0.25, -0.2) is 0 Å². The normalized spacial score (nSPS) is 20.5. The number of hydrogen-bond donors (Lipinski definition) is 1. The Hall–Kier alpha value is -0.330. The van der Waals surface area contributed by atoms with Gasteiger partial charge in [-0.15, -0.1) is 0 Å². The zero-order valence-corrected chi connectivity index (χ0v) is 11.5. The van der Waals surface area contributed by atoms with Gasteiger partial charge in [-0.05, 0) is 19.9 Å². The Morgan fingerprint density at radius 1 is 1.21 bits per heavy atom. The average Bonchev–Trinajstić information content (AvgIpc) is 2.56. The minimum atomic E-state index is -4.55. The van der Waals surface area contributed by atoms with Crippen LogP contribution < -0.4 is 0 Å². The van der Waals surface area contributed by atoms with Gasteiger partial charge in [-0.2, -0.15) is 13.2 Å². The van der Waals surface area contributed by atoms with E-state index in [-0.39, 0.29) is 6.10 Å². The van der Waals surface area contributed by atoms with E-state index < -0.39 is 18.8 Å². The monoisotopic (exact) mass is 283 g/mol. The highest BCUT2D eigenvalue weighted by Gasteiger charge is 2.38. The summed E-state index contributed by atoms with van der Waals surface area (Å²) in [6.45, 7) is 0.424. The average molecular weight is 283 g/mol. The first-order valence-corrected chi connectivity index (χ1v) is 6.94. The number of alkyl halides is 3. The fraction of sp³-hybridized carbons (Fsp3) is 1.00. The summed E-state index contributed by atoms with van der Waals surface area (Å²) in [5.74, 6) is 0. The SMILES string of the molecule is CN(CCOC1CCCCCC1)CC(O)C(F)(F)F. The lowest BCUT2D eigenvalue weighted by molar-refractivity contribution is -0.207. The van der Waals surface area contributed by atoms with Gasteiger partial charge in [0, 0.05) is 13.1 Å². The summed E-state index contributed by atoms with van der Waals surface area (Å²) in [6, 6.07) is 0. The molecule has 0 aliphatic heterocycles. The van der Waals surface area contributed by atoms with Crippen LogP contribution in [0.5, 0.6) is 0 Å². The van der Waals surface area contributed by atoms with Crippen LogP contribution in [0.3, 0.4) is 0 Å². The summed E-state index contributed by atoms with van der Waals surface area (Å²) >= 11 is 0. The summed E-state index contributed by atoms with van der Waals surface area (Å²) in [4.78, 5) is 1.45. The molecule has 0 aromatic heterocycles. The summed E-state index contributed by atoms with van der Waals surface area (Å²) < 4.78 is 42.2. The predicted molar refractivity (Wildman–Crippen MR) is 67.0 cm³/mol. The molecule has 1 fully saturated rings. The molecule has 19 heavy (non-hydrogen) atoms. The van der Waals surface area contributed by atoms with Crippen molar-refractivity contribution in [1.29, 1.82) is 0 Å². The first kappa shape index (κ1) is 16.7. The quantitative estimate of drug-likeness (QED) is 0.761. The molecule has 0 aromatic carbocycles. The number of aliphatic hydroxyl groups excluding tert-OH is 1. The van der Waals surface area contributed by atoms with Crippen LogP contribution >= 0.6 is 0 Å². The highest BCUT2D eigenvalue weighted by atomic mass is 19.4. The largest absolute Gasteiger partial charge is 0.415 e. The zero-order chi connectivity index (χ0) is 14.3. The van der Waals surface area contributed by atoms with Gasteiger partial charge in [-0.3, -0.25) is 0 Å². The van der Waals surface area contributed by atoms with Crippen molar-refractivity contribution in [3.05, 3.63) is 0 Å². The van der Waals surface area contributed by atoms with E-state index in [0.717, 1.165) is 12.8 Å². The standard InChI is InChI=1S/C13H24F3NO2/c1-17(10-12(18)13(14,15)16)8-9-19-11-6-4-2-3-5-7-11/h11-12,18H,2-10H2,1H3. The van der Waals surface area contributed by atoms with E-state index in [0.29, 0.717) is 13.2 Å². The van der Waals surface area contributed by atoms with Gasteiger partial charge in [0.05, 0.1) is 12.7 Å². The topological polar surface area (TPSA) is 32.7 Å². The lowest BCUT2D eigenvalue weighted by Gasteiger charge is -2.23. The summed E-state index contributed by atoms with van der Waals surface area (Å²) in [6.07, 6.45) is 0.370. The molecule has 0 saturated heterocycles. The minimum Gasteiger partial charge on any atom is -0.382 e. The third kappa shape index (κ3) is 7.13. The van der Waals surface area contributed by atoms with Crippen LogP contribution in [0.25, 0.3) is 0 Å². The van der Waals surface area contributed by atoms with Crippen molar-refractivity contribution in [3.8, 4) is 0 Å². The Morgan fingerprint density at radius 2 is 1.79 bits per heavy atom. The maximum absolute atomic E-state index is 12.2. The Morgan fingerprint density at radius 3 is 2.32 bits per heavy atom. The number of likely N-dealkylation sites (N-methyl/N-ethyl adjacent to an activating group) is 1. The maximum Gasteiger partial charge on any atom is 0.415 e. The number of hydrogen-bond acceptors (Lipinski definition) is 3. The van der Waals surface area contributed by atoms with Crippen LogP contribution in [0.4, 0.5) is 13.2 Å². The van der Waals surface area contributed by atoms with Crippen LogP contribution in [0.1, 0.15) is 38.5 Å². The van der Waals surface area contributed by atoms with Gasteiger partial charge < -0.3 is 14.7 Å². The number of rotatable bonds is 6. The molecule has 1 rings (SSSR count). The van der Waals surface area contributed by atoms with Gasteiger partial charge in [0.25, 0.3) is 0 Å². The molecule has 6 heteroatoms. The zero-order valence-electron chi connectivity index (χ0n) is 11.5. The summed E-state index contributed by atoms with van der Waals surface area (Å²) in [5, 5.41) is 8.93. The Kier molecular flexibility index (Phi) is 7.10.